The molecule has 1 saturated heterocycles. The van der Waals surface area contributed by atoms with Crippen LogP contribution in [-0.2, 0) is 9.59 Å². The number of likely N-dealkylation sites (N-methyl/N-ethyl adjacent to an activating group) is 1. The molecule has 1 aromatic rings. The number of nitrogens with zero attached hydrogens (tertiary/aromatic N) is 2. The normalized spacial score (nSPS) is 23.6. The van der Waals surface area contributed by atoms with Crippen molar-refractivity contribution in [3.05, 3.63) is 15.8 Å². The van der Waals surface area contributed by atoms with E-state index in [1.54, 1.807) is 15.9 Å². The highest BCUT2D eigenvalue weighted by molar-refractivity contribution is 7.15. The third-order valence-corrected chi connectivity index (χ3v) is 7.80. The van der Waals surface area contributed by atoms with E-state index >= 15 is 0 Å². The van der Waals surface area contributed by atoms with Gasteiger partial charge in [0, 0.05) is 24.4 Å². The van der Waals surface area contributed by atoms with Gasteiger partial charge < -0.3 is 10.0 Å². The number of carboxylic acids is 1. The van der Waals surface area contributed by atoms with Crippen LogP contribution in [0.5, 0.6) is 0 Å². The van der Waals surface area contributed by atoms with Crippen molar-refractivity contribution in [1.29, 1.82) is 0 Å². The van der Waals surface area contributed by atoms with Crippen molar-refractivity contribution in [3.63, 3.8) is 0 Å². The van der Waals surface area contributed by atoms with Crippen molar-refractivity contribution in [2.75, 3.05) is 18.0 Å². The van der Waals surface area contributed by atoms with Gasteiger partial charge >= 0.3 is 5.97 Å². The molecule has 2 heterocycles. The highest BCUT2D eigenvalue weighted by Gasteiger charge is 2.40. The van der Waals surface area contributed by atoms with E-state index in [1.807, 2.05) is 27.7 Å². The second-order valence-electron chi connectivity index (χ2n) is 10.7. The summed E-state index contributed by atoms with van der Waals surface area (Å²) in [6.45, 7) is 11.4. The monoisotopic (exact) mass is 486 g/mol. The fraction of sp³-hybridized carbons (Fsp3) is 0.667. The van der Waals surface area contributed by atoms with Crippen LogP contribution in [0.2, 0.25) is 0 Å². The van der Waals surface area contributed by atoms with Crippen LogP contribution in [0.25, 0.3) is 0 Å². The quantitative estimate of drug-likeness (QED) is 0.565. The van der Waals surface area contributed by atoms with Gasteiger partial charge in [0.2, 0.25) is 11.8 Å². The topological polar surface area (TPSA) is 77.9 Å². The molecule has 6 nitrogen and oxygen atoms in total. The first-order valence-corrected chi connectivity index (χ1v) is 13.4. The van der Waals surface area contributed by atoms with Crippen LogP contribution in [0.3, 0.4) is 0 Å². The van der Waals surface area contributed by atoms with Gasteiger partial charge in [-0.15, -0.1) is 11.3 Å². The van der Waals surface area contributed by atoms with E-state index < -0.39 is 12.0 Å². The Labute approximate surface area is 207 Å². The zero-order chi connectivity index (χ0) is 25.0. The lowest BCUT2D eigenvalue weighted by Gasteiger charge is -2.36. The fourth-order valence-electron chi connectivity index (χ4n) is 4.81. The standard InChI is InChI=1S/C27H38N2O4S/c1-6-28-16-8-7-9-21(25(28)31)29(24(30)19-12-10-18(2)11-13-19)22-17-20(14-15-27(3,4)5)34-23(22)26(32)33/h17-19,21H,6-13,16H2,1-5H3,(H,32,33). The van der Waals surface area contributed by atoms with Gasteiger partial charge in [0.1, 0.15) is 10.9 Å². The molecule has 1 aliphatic heterocycles. The lowest BCUT2D eigenvalue weighted by atomic mass is 9.82. The molecule has 1 unspecified atom stereocenters. The summed E-state index contributed by atoms with van der Waals surface area (Å²) in [6.07, 6.45) is 5.75. The average molecular weight is 487 g/mol. The minimum Gasteiger partial charge on any atom is -0.477 e. The molecule has 1 N–H and O–H groups in total. The number of carbonyl (C=O) groups excluding carboxylic acids is 2. The van der Waals surface area contributed by atoms with Crippen molar-refractivity contribution in [1.82, 2.24) is 4.90 Å². The van der Waals surface area contributed by atoms with Gasteiger partial charge in [-0.2, -0.15) is 0 Å². The SMILES string of the molecule is CCN1CCCCC(N(C(=O)C2CCC(C)CC2)c2cc(C#CC(C)(C)C)sc2C(=O)O)C1=O. The van der Waals surface area contributed by atoms with Crippen LogP contribution in [0.1, 0.15) is 94.1 Å². The van der Waals surface area contributed by atoms with E-state index in [2.05, 4.69) is 18.8 Å². The van der Waals surface area contributed by atoms with Crippen LogP contribution in [0.4, 0.5) is 5.69 Å². The zero-order valence-electron chi connectivity index (χ0n) is 21.1. The molecule has 2 fully saturated rings. The maximum Gasteiger partial charge on any atom is 0.348 e. The van der Waals surface area contributed by atoms with Gasteiger partial charge in [-0.05, 0) is 84.6 Å². The van der Waals surface area contributed by atoms with E-state index in [0.717, 1.165) is 49.9 Å². The van der Waals surface area contributed by atoms with Crippen LogP contribution in [0, 0.1) is 29.1 Å². The maximum absolute atomic E-state index is 14.0. The highest BCUT2D eigenvalue weighted by Crippen LogP contribution is 2.37. The minimum absolute atomic E-state index is 0.0795. The van der Waals surface area contributed by atoms with Gasteiger partial charge in [0.05, 0.1) is 10.6 Å². The smallest absolute Gasteiger partial charge is 0.348 e. The molecular formula is C27H38N2O4S. The average Bonchev–Trinajstić information content (AvgIpc) is 3.11. The highest BCUT2D eigenvalue weighted by atomic mass is 32.1. The third kappa shape index (κ3) is 6.21. The molecule has 1 aromatic heterocycles. The van der Waals surface area contributed by atoms with Gasteiger partial charge in [0.25, 0.3) is 0 Å². The van der Waals surface area contributed by atoms with Gasteiger partial charge in [-0.25, -0.2) is 4.79 Å². The number of aromatic carboxylic acids is 1. The number of rotatable bonds is 5. The van der Waals surface area contributed by atoms with E-state index in [4.69, 9.17) is 0 Å². The third-order valence-electron chi connectivity index (χ3n) is 6.78. The van der Waals surface area contributed by atoms with Crippen molar-refractivity contribution < 1.29 is 19.5 Å². The number of amides is 2. The van der Waals surface area contributed by atoms with E-state index in [9.17, 15) is 19.5 Å². The Bertz CT molecular complexity index is 973. The van der Waals surface area contributed by atoms with Crippen molar-refractivity contribution in [3.8, 4) is 11.8 Å². The molecule has 3 rings (SSSR count). The van der Waals surface area contributed by atoms with E-state index in [1.165, 1.54) is 0 Å². The molecule has 186 valence electrons. The predicted molar refractivity (Wildman–Crippen MR) is 136 cm³/mol. The lowest BCUT2D eigenvalue weighted by Crippen LogP contribution is -2.52. The van der Waals surface area contributed by atoms with Gasteiger partial charge in [0.15, 0.2) is 0 Å². The molecule has 0 radical (unpaired) electrons. The molecular weight excluding hydrogens is 448 g/mol. The summed E-state index contributed by atoms with van der Waals surface area (Å²) in [5, 5.41) is 10.0. The molecule has 34 heavy (non-hydrogen) atoms. The fourth-order valence-corrected chi connectivity index (χ4v) is 5.65. The predicted octanol–water partition coefficient (Wildman–Crippen LogP) is 5.40. The van der Waals surface area contributed by atoms with Crippen LogP contribution in [0.15, 0.2) is 6.07 Å². The summed E-state index contributed by atoms with van der Waals surface area (Å²) < 4.78 is 0. The molecule has 0 aromatic carbocycles. The van der Waals surface area contributed by atoms with Crippen molar-refractivity contribution >= 4 is 34.8 Å². The number of thiophene rings is 1. The number of hydrogen-bond donors (Lipinski definition) is 1. The Morgan fingerprint density at radius 2 is 1.85 bits per heavy atom. The lowest BCUT2D eigenvalue weighted by molar-refractivity contribution is -0.135. The summed E-state index contributed by atoms with van der Waals surface area (Å²) in [4.78, 5) is 43.8. The Balaban J connectivity index is 2.10. The molecule has 1 aliphatic carbocycles. The van der Waals surface area contributed by atoms with Crippen molar-refractivity contribution in [2.45, 2.75) is 85.6 Å². The first-order chi connectivity index (χ1) is 16.0. The first-order valence-electron chi connectivity index (χ1n) is 12.5. The van der Waals surface area contributed by atoms with Crippen molar-refractivity contribution in [2.24, 2.45) is 17.3 Å². The first kappa shape index (κ1) is 26.3. The Morgan fingerprint density at radius 3 is 2.44 bits per heavy atom. The zero-order valence-corrected chi connectivity index (χ0v) is 22.0. The molecule has 2 aliphatic rings. The number of carbonyl (C=O) groups is 3. The van der Waals surface area contributed by atoms with Crippen LogP contribution < -0.4 is 4.90 Å². The summed E-state index contributed by atoms with van der Waals surface area (Å²) in [6, 6.07) is 1.04. The van der Waals surface area contributed by atoms with Crippen LogP contribution >= 0.6 is 11.3 Å². The Kier molecular flexibility index (Phi) is 8.46. The largest absolute Gasteiger partial charge is 0.477 e. The van der Waals surface area contributed by atoms with Gasteiger partial charge in [-0.1, -0.05) is 18.8 Å². The minimum atomic E-state index is -1.09. The summed E-state index contributed by atoms with van der Waals surface area (Å²) in [7, 11) is 0. The Morgan fingerprint density at radius 1 is 1.18 bits per heavy atom. The number of likely N-dealkylation sites (tertiary alicyclic amines) is 1. The maximum atomic E-state index is 14.0. The Hall–Kier alpha value is -2.33. The second kappa shape index (κ2) is 10.9. The molecule has 1 saturated carbocycles. The molecule has 0 bridgehead atoms. The van der Waals surface area contributed by atoms with Crippen LogP contribution in [-0.4, -0.2) is 46.9 Å². The van der Waals surface area contributed by atoms with E-state index in [-0.39, 0.29) is 28.0 Å². The molecule has 7 heteroatoms. The molecule has 2 amide bonds. The summed E-state index contributed by atoms with van der Waals surface area (Å²) >= 11 is 1.09. The second-order valence-corrected chi connectivity index (χ2v) is 11.8. The number of hydrogen-bond acceptors (Lipinski definition) is 4. The molecule has 0 spiro atoms. The van der Waals surface area contributed by atoms with E-state index in [0.29, 0.717) is 36.0 Å². The molecule has 1 atom stereocenters. The summed E-state index contributed by atoms with van der Waals surface area (Å²) in [5.74, 6) is 5.37. The number of carboxylic acid groups (broad SMARTS) is 1. The summed E-state index contributed by atoms with van der Waals surface area (Å²) in [5.41, 5.74) is 0.0939. The van der Waals surface area contributed by atoms with Gasteiger partial charge in [-0.3, -0.25) is 14.5 Å². The number of anilines is 1.